The Morgan fingerprint density at radius 2 is 1.07 bits per heavy atom. The van der Waals surface area contributed by atoms with Gasteiger partial charge in [-0.3, -0.25) is 19.2 Å². The predicted molar refractivity (Wildman–Crippen MR) is 358 cm³/mol. The first-order chi connectivity index (χ1) is 58.3. The summed E-state index contributed by atoms with van der Waals surface area (Å²) in [5.41, 5.74) is -11.3. The zero-order valence-corrected chi connectivity index (χ0v) is 52.5. The number of likely N-dealkylation sites (N-methyl/N-ethyl adjacent to an activating group) is 2. The lowest BCUT2D eigenvalue weighted by Crippen LogP contribution is -2.40. The third kappa shape index (κ3) is 19.0. The number of hydrogen-bond donors (Lipinski definition) is 0. The summed E-state index contributed by atoms with van der Waals surface area (Å²) in [7, 11) is 0. The molecule has 6 aromatic carbocycles. The summed E-state index contributed by atoms with van der Waals surface area (Å²) in [6.45, 7) is -27.0. The van der Waals surface area contributed by atoms with Gasteiger partial charge in [-0.2, -0.15) is 36.3 Å². The van der Waals surface area contributed by atoms with Crippen molar-refractivity contribution < 1.29 is 89.9 Å². The number of thioether (sulfide) groups is 2. The average Bonchev–Trinajstić information content (AvgIpc) is 1.51. The summed E-state index contributed by atoms with van der Waals surface area (Å²) in [6.07, 6.45) is -19.7. The average molecular weight is 1380 g/mol. The maximum atomic E-state index is 15.1. The van der Waals surface area contributed by atoms with Crippen LogP contribution in [0.3, 0.4) is 0 Å². The lowest BCUT2D eigenvalue weighted by Gasteiger charge is -2.28. The van der Waals surface area contributed by atoms with Crippen molar-refractivity contribution in [1.29, 1.82) is 0 Å². The van der Waals surface area contributed by atoms with Crippen LogP contribution < -0.4 is 11.1 Å². The Morgan fingerprint density at radius 1 is 0.558 bits per heavy atom. The number of rotatable bonds is 26. The molecule has 0 aliphatic heterocycles. The van der Waals surface area contributed by atoms with Gasteiger partial charge in [-0.1, -0.05) is 148 Å². The SMILES string of the molecule is [2H]C([2H])(C)N(C([2H])([2H])C)C([2H])([2H])C([2H])([2H])N(C(=O)Cn1c(SCc2ccc(F)cc2)nc(=O)c2c1CCC2)C([2H])([2H])c1ccc(-c2ccc(C(F)(F)F)cc2)cc1.[2H]c1c([2H])c(CSc2nc(=O)c3c(n2CC(=O)N(C([2H])([2H])c2c([2H])c([2H])c(-c4c([2H])c([2H])c(C(F)(F)F)c(C)c4[2H])c([2H])c2[2H])C([2H])([2H])C([2H])([2H])N(CC)CC)C([2H])([2H])C([2H])([2H])C3([2H])[2H])c([2H])c([2H])c1F. The molecule has 0 unspecified atom stereocenters. The molecule has 0 spiro atoms. The van der Waals surface area contributed by atoms with Crippen LogP contribution in [0.25, 0.3) is 22.3 Å². The lowest BCUT2D eigenvalue weighted by atomic mass is 9.98. The van der Waals surface area contributed by atoms with Crippen LogP contribution in [0.4, 0.5) is 35.1 Å². The Balaban J connectivity index is 0.000000296. The van der Waals surface area contributed by atoms with Crippen LogP contribution in [0.1, 0.15) is 147 Å². The van der Waals surface area contributed by atoms with E-state index in [4.69, 9.17) is 37.0 Å². The summed E-state index contributed by atoms with van der Waals surface area (Å²) < 4.78 is 398. The molecule has 0 N–H and O–H groups in total. The van der Waals surface area contributed by atoms with Crippen LogP contribution >= 0.6 is 23.5 Å². The van der Waals surface area contributed by atoms with Crippen LogP contribution in [0.15, 0.2) is 159 Å². The van der Waals surface area contributed by atoms with E-state index in [0.29, 0.717) is 35.2 Å². The second kappa shape index (κ2) is 32.7. The molecule has 0 radical (unpaired) electrons. The molecule has 2 aliphatic carbocycles. The van der Waals surface area contributed by atoms with Crippen molar-refractivity contribution in [3.05, 3.63) is 233 Å². The lowest BCUT2D eigenvalue weighted by molar-refractivity contribution is -0.138. The number of carbonyl (C=O) groups excluding carboxylic acids is 2. The molecule has 0 atom stereocenters. The first-order valence-corrected chi connectivity index (χ1v) is 30.6. The Kier molecular flexibility index (Phi) is 13.5. The monoisotopic (exact) mass is 1380 g/mol. The van der Waals surface area contributed by atoms with Crippen LogP contribution in [0.2, 0.25) is 0 Å². The van der Waals surface area contributed by atoms with E-state index in [0.717, 1.165) is 61.7 Å². The van der Waals surface area contributed by atoms with Crippen molar-refractivity contribution in [2.45, 2.75) is 133 Å². The number of aromatic nitrogens is 4. The summed E-state index contributed by atoms with van der Waals surface area (Å²) in [6, 6.07) is 0.246. The largest absolute Gasteiger partial charge is 0.416 e. The van der Waals surface area contributed by atoms with Gasteiger partial charge in [0.2, 0.25) is 11.8 Å². The van der Waals surface area contributed by atoms with Gasteiger partial charge in [-0.15, -0.1) is 0 Å². The fourth-order valence-corrected chi connectivity index (χ4v) is 10.9. The van der Waals surface area contributed by atoms with Crippen LogP contribution in [0.5, 0.6) is 0 Å². The molecule has 0 saturated heterocycles. The number of amides is 2. The first-order valence-electron chi connectivity index (χ1n) is 45.1. The maximum Gasteiger partial charge on any atom is 0.416 e. The summed E-state index contributed by atoms with van der Waals surface area (Å²) in [5, 5.41) is -0.959. The van der Waals surface area contributed by atoms with E-state index in [1.54, 1.807) is 0 Å². The van der Waals surface area contributed by atoms with Gasteiger partial charge in [0.05, 0.1) is 37.2 Å². The third-order valence-electron chi connectivity index (χ3n) is 13.9. The molecule has 2 aliphatic rings. The molecule has 502 valence electrons. The molecule has 2 amide bonds. The number of alkyl halides is 6. The van der Waals surface area contributed by atoms with Gasteiger partial charge in [-0.25, -0.2) is 8.78 Å². The minimum atomic E-state index is -5.28. The van der Waals surface area contributed by atoms with Crippen LogP contribution in [0, 0.1) is 18.6 Å². The fourth-order valence-electron chi connectivity index (χ4n) is 9.08. The molecule has 0 saturated carbocycles. The minimum Gasteiger partial charge on any atom is -0.336 e. The van der Waals surface area contributed by atoms with E-state index in [1.807, 2.05) is 0 Å². The molecule has 2 heterocycles. The van der Waals surface area contributed by atoms with E-state index in [9.17, 15) is 57.7 Å². The Bertz CT molecular complexity index is 5700. The summed E-state index contributed by atoms with van der Waals surface area (Å²) in [4.78, 5) is 64.5. The fraction of sp³-hybridized carbons (Fsp3) is 0.370. The van der Waals surface area contributed by atoms with Gasteiger partial charge in [-0.05, 0) is 164 Å². The number of halogens is 8. The quantitative estimate of drug-likeness (QED) is 0.0295. The maximum absolute atomic E-state index is 15.1. The number of nitrogens with zero attached hydrogens (tertiary/aromatic N) is 8. The Morgan fingerprint density at radius 3 is 1.64 bits per heavy atom. The van der Waals surface area contributed by atoms with Crippen molar-refractivity contribution in [3.8, 4) is 22.3 Å². The molecular weight excluding hydrogens is 1270 g/mol. The van der Waals surface area contributed by atoms with E-state index >= 15 is 4.79 Å². The van der Waals surface area contributed by atoms with Gasteiger partial charge in [0.1, 0.15) is 24.7 Å². The Hall–Kier alpha value is -7.92. The van der Waals surface area contributed by atoms with Crippen molar-refractivity contribution >= 4 is 35.3 Å². The summed E-state index contributed by atoms with van der Waals surface area (Å²) in [5.74, 6) is -6.19. The minimum absolute atomic E-state index is 0.0142. The zero-order chi connectivity index (χ0) is 97.3. The topological polar surface area (TPSA) is 117 Å². The molecule has 0 bridgehead atoms. The second-order valence-electron chi connectivity index (χ2n) is 20.2. The van der Waals surface area contributed by atoms with Gasteiger partial charge >= 0.3 is 12.4 Å². The highest BCUT2D eigenvalue weighted by atomic mass is 32.2. The first kappa shape index (κ1) is 39.3. The highest BCUT2D eigenvalue weighted by Crippen LogP contribution is 2.36. The Labute approximate surface area is 603 Å². The van der Waals surface area contributed by atoms with E-state index in [2.05, 4.69) is 9.97 Å². The van der Waals surface area contributed by atoms with Gasteiger partial charge in [0, 0.05) is 92.2 Å². The number of fused-ring (bicyclic) bond motifs is 2. The summed E-state index contributed by atoms with van der Waals surface area (Å²) >= 11 is 1.18. The van der Waals surface area contributed by atoms with Crippen molar-refractivity contribution in [2.75, 3.05) is 52.1 Å². The van der Waals surface area contributed by atoms with Crippen LogP contribution in [-0.2, 0) is 85.1 Å². The molecule has 22 heteroatoms. The van der Waals surface area contributed by atoms with Gasteiger partial charge in [0.15, 0.2) is 10.3 Å². The zero-order valence-electron chi connectivity index (χ0n) is 83.8. The molecule has 0 fully saturated rings. The predicted octanol–water partition coefficient (Wildman–Crippen LogP) is 14.7. The second-order valence-corrected chi connectivity index (χ2v) is 22.1. The standard InChI is InChI=1S/C37H40F4N4O2S.C36H38F4N4O2S/c1-4-43(5-2)19-20-44(22-26-9-13-28(14-10-26)29-15-18-32(25(3)21-29)37(39,40)41)34(46)23-45-33-8-6-7-31(33)35(47)42-36(45)48-24-27-11-16-30(38)17-12-27;1-3-42(4-2)20-21-43(22-25-8-12-27(13-9-25)28-14-16-29(17-15-28)36(38,39)40)33(45)23-44-32-7-5-6-31(32)34(46)41-35(44)47-24-26-10-18-30(37)19-11-26/h9-18,21H,4-8,19-20,22-24H2,1-3H3;8-19H,3-7,20-24H2,1-2H3/i6D2,7D2,8D2,9D,10D,11D,12D,13D,14D,15D,16D,17D,18D,19D2,20D2,21D,22D2;3D2,4D2,20D2,21D2,22D2. The normalized spacial score (nSPS) is 20.7. The molecule has 2 aromatic heterocycles. The molecule has 12 nitrogen and oxygen atoms in total. The molecule has 95 heavy (non-hydrogen) atoms. The number of benzene rings is 6. The highest BCUT2D eigenvalue weighted by Gasteiger charge is 2.33. The number of hydrogen-bond acceptors (Lipinski definition) is 10. The molecule has 8 aromatic rings. The molecule has 10 rings (SSSR count). The van der Waals surface area contributed by atoms with Crippen molar-refractivity contribution in [2.24, 2.45) is 0 Å². The van der Waals surface area contributed by atoms with E-state index in [1.165, 1.54) is 66.9 Å². The number of carbonyl (C=O) groups is 2. The molecular formula is C73H78F8N8O4S2. The third-order valence-corrected chi connectivity index (χ3v) is 16.0. The highest BCUT2D eigenvalue weighted by molar-refractivity contribution is 7.98. The van der Waals surface area contributed by atoms with E-state index in [-0.39, 0.29) is 62.1 Å². The van der Waals surface area contributed by atoms with Gasteiger partial charge < -0.3 is 28.7 Å². The van der Waals surface area contributed by atoms with Crippen molar-refractivity contribution in [3.63, 3.8) is 0 Å². The van der Waals surface area contributed by atoms with Crippen molar-refractivity contribution in [1.82, 2.24) is 38.7 Å². The smallest absolute Gasteiger partial charge is 0.336 e. The van der Waals surface area contributed by atoms with Gasteiger partial charge in [0.25, 0.3) is 11.1 Å². The van der Waals surface area contributed by atoms with Crippen LogP contribution in [-0.4, -0.2) is 103 Å². The van der Waals surface area contributed by atoms with E-state index < -0.39 is 269 Å².